The topological polar surface area (TPSA) is 146 Å². The van der Waals surface area contributed by atoms with Crippen molar-refractivity contribution in [1.29, 1.82) is 0 Å². The summed E-state index contributed by atoms with van der Waals surface area (Å²) in [4.78, 5) is 18.2. The monoisotopic (exact) mass is 453 g/mol. The number of carboxylic acids is 2. The number of aromatic hydroxyl groups is 1. The highest BCUT2D eigenvalue weighted by atomic mass is 35.5. The van der Waals surface area contributed by atoms with Crippen molar-refractivity contribution >= 4 is 23.5 Å². The third-order valence-corrected chi connectivity index (χ3v) is 4.66. The molecule has 0 saturated carbocycles. The molecule has 0 bridgehead atoms. The fourth-order valence-electron chi connectivity index (χ4n) is 2.74. The lowest BCUT2D eigenvalue weighted by molar-refractivity contribution is -0.159. The van der Waals surface area contributed by atoms with E-state index >= 15 is 0 Å². The number of fused-ring (bicyclic) bond motifs is 1. The average Bonchev–Trinajstić information content (AvgIpc) is 2.98. The number of hydrogen-bond donors (Lipinski definition) is 5. The van der Waals surface area contributed by atoms with Crippen molar-refractivity contribution in [2.45, 2.75) is 32.0 Å². The number of carbonyl (C=O) groups is 2. The number of phenols is 1. The molecule has 0 aromatic heterocycles. The second kappa shape index (κ2) is 11.4. The molecule has 1 aliphatic rings. The summed E-state index contributed by atoms with van der Waals surface area (Å²) in [6.45, 7) is 3.64. The van der Waals surface area contributed by atoms with E-state index < -0.39 is 18.0 Å². The highest BCUT2D eigenvalue weighted by molar-refractivity contribution is 6.32. The van der Waals surface area contributed by atoms with Crippen molar-refractivity contribution in [3.8, 4) is 17.2 Å². The number of aliphatic carboxylic acids is 2. The number of ether oxygens (including phenoxy) is 2. The summed E-state index contributed by atoms with van der Waals surface area (Å²) in [6, 6.07) is 10.1. The fraction of sp³-hybridized carbons (Fsp3) is 0.333. The second-order valence-electron chi connectivity index (χ2n) is 6.77. The quantitative estimate of drug-likeness (QED) is 0.431. The molecule has 0 aliphatic carbocycles. The molecular formula is C21H24ClNO8. The Labute approximate surface area is 183 Å². The normalized spacial score (nSPS) is 14.4. The lowest BCUT2D eigenvalue weighted by atomic mass is 10.0. The van der Waals surface area contributed by atoms with Gasteiger partial charge in [-0.05, 0) is 42.3 Å². The maximum Gasteiger partial charge on any atom is 0.414 e. The summed E-state index contributed by atoms with van der Waals surface area (Å²) in [6.07, 6.45) is 0.144. The van der Waals surface area contributed by atoms with E-state index in [1.54, 1.807) is 24.3 Å². The zero-order chi connectivity index (χ0) is 23.0. The van der Waals surface area contributed by atoms with E-state index in [0.29, 0.717) is 36.3 Å². The Hall–Kier alpha value is -3.01. The highest BCUT2D eigenvalue weighted by Gasteiger charge is 2.18. The third-order valence-electron chi connectivity index (χ3n) is 4.38. The van der Waals surface area contributed by atoms with Gasteiger partial charge in [-0.3, -0.25) is 0 Å². The number of aliphatic hydroxyl groups excluding tert-OH is 1. The predicted molar refractivity (Wildman–Crippen MR) is 112 cm³/mol. The van der Waals surface area contributed by atoms with Gasteiger partial charge in [0.25, 0.3) is 0 Å². The first-order chi connectivity index (χ1) is 14.7. The van der Waals surface area contributed by atoms with Gasteiger partial charge in [0.05, 0.1) is 24.3 Å². The molecule has 2 aromatic carbocycles. The Balaban J connectivity index is 0.000000501. The average molecular weight is 454 g/mol. The van der Waals surface area contributed by atoms with E-state index in [9.17, 15) is 10.2 Å². The number of nitrogens with one attached hydrogen (secondary N) is 1. The Bertz CT molecular complexity index is 891. The van der Waals surface area contributed by atoms with Crippen LogP contribution in [0.25, 0.3) is 0 Å². The minimum absolute atomic E-state index is 0.179. The van der Waals surface area contributed by atoms with Crippen LogP contribution in [0.3, 0.4) is 0 Å². The zero-order valence-corrected chi connectivity index (χ0v) is 17.5. The minimum atomic E-state index is -1.82. The lowest BCUT2D eigenvalue weighted by Gasteiger charge is -2.21. The van der Waals surface area contributed by atoms with Gasteiger partial charge in [-0.15, -0.1) is 0 Å². The molecule has 10 heteroatoms. The second-order valence-corrected chi connectivity index (χ2v) is 7.18. The van der Waals surface area contributed by atoms with Gasteiger partial charge in [0.2, 0.25) is 0 Å². The van der Waals surface area contributed by atoms with Crippen molar-refractivity contribution in [2.75, 3.05) is 13.2 Å². The van der Waals surface area contributed by atoms with Crippen LogP contribution in [-0.2, 0) is 16.1 Å². The molecule has 31 heavy (non-hydrogen) atoms. The van der Waals surface area contributed by atoms with E-state index in [1.807, 2.05) is 19.1 Å². The fourth-order valence-corrected chi connectivity index (χ4v) is 3.02. The predicted octanol–water partition coefficient (Wildman–Crippen LogP) is 2.57. The van der Waals surface area contributed by atoms with Gasteiger partial charge in [0.15, 0.2) is 11.5 Å². The van der Waals surface area contributed by atoms with Crippen LogP contribution in [0.2, 0.25) is 5.02 Å². The first kappa shape index (κ1) is 24.3. The maximum atomic E-state index is 10.4. The van der Waals surface area contributed by atoms with Gasteiger partial charge in [0.1, 0.15) is 5.75 Å². The van der Waals surface area contributed by atoms with E-state index in [2.05, 4.69) is 5.32 Å². The molecule has 2 unspecified atom stereocenters. The number of hydrogen-bond acceptors (Lipinski definition) is 7. The molecule has 168 valence electrons. The summed E-state index contributed by atoms with van der Waals surface area (Å²) in [5, 5.41) is 38.4. The number of carboxylic acid groups (broad SMARTS) is 2. The molecule has 5 N–H and O–H groups in total. The molecule has 0 amide bonds. The summed E-state index contributed by atoms with van der Waals surface area (Å²) in [7, 11) is 0. The molecule has 0 fully saturated rings. The Morgan fingerprint density at radius 1 is 1.10 bits per heavy atom. The van der Waals surface area contributed by atoms with Gasteiger partial charge in [0, 0.05) is 19.0 Å². The van der Waals surface area contributed by atoms with E-state index in [0.717, 1.165) is 17.5 Å². The van der Waals surface area contributed by atoms with Crippen LogP contribution < -0.4 is 14.8 Å². The standard InChI is InChI=1S/C19H22ClNO4.C2H2O4/c1-12(18(23)14-3-5-15(22)6-4-14)21-11-13-9-16(20)19-17(10-13)24-7-2-8-25-19;3-1(4)2(5)6/h3-6,9-10,12,18,21-23H,2,7-8,11H2,1H3;(H,3,4)(H,5,6). The van der Waals surface area contributed by atoms with Crippen molar-refractivity contribution in [3.63, 3.8) is 0 Å². The summed E-state index contributed by atoms with van der Waals surface area (Å²) in [5.74, 6) is -2.21. The molecule has 9 nitrogen and oxygen atoms in total. The van der Waals surface area contributed by atoms with Gasteiger partial charge in [-0.2, -0.15) is 0 Å². The van der Waals surface area contributed by atoms with Gasteiger partial charge >= 0.3 is 11.9 Å². The van der Waals surface area contributed by atoms with E-state index in [4.69, 9.17) is 40.9 Å². The molecule has 1 heterocycles. The first-order valence-corrected chi connectivity index (χ1v) is 9.81. The molecule has 1 aliphatic heterocycles. The van der Waals surface area contributed by atoms with Crippen molar-refractivity contribution in [2.24, 2.45) is 0 Å². The van der Waals surface area contributed by atoms with Crippen LogP contribution in [0, 0.1) is 0 Å². The smallest absolute Gasteiger partial charge is 0.414 e. The third kappa shape index (κ3) is 7.32. The maximum absolute atomic E-state index is 10.4. The number of halogens is 1. The van der Waals surface area contributed by atoms with Gasteiger partial charge in [-0.1, -0.05) is 23.7 Å². The van der Waals surface area contributed by atoms with Crippen LogP contribution in [-0.4, -0.2) is 51.6 Å². The van der Waals surface area contributed by atoms with Crippen molar-refractivity contribution < 1.29 is 39.5 Å². The molecule has 2 aromatic rings. The zero-order valence-electron chi connectivity index (χ0n) is 16.7. The Morgan fingerprint density at radius 2 is 1.71 bits per heavy atom. The molecule has 0 saturated heterocycles. The van der Waals surface area contributed by atoms with Crippen LogP contribution in [0.15, 0.2) is 36.4 Å². The Kier molecular flexibility index (Phi) is 8.92. The largest absolute Gasteiger partial charge is 0.508 e. The van der Waals surface area contributed by atoms with E-state index in [1.165, 1.54) is 0 Å². The summed E-state index contributed by atoms with van der Waals surface area (Å²) in [5.41, 5.74) is 1.70. The van der Waals surface area contributed by atoms with Crippen molar-refractivity contribution in [3.05, 3.63) is 52.5 Å². The van der Waals surface area contributed by atoms with Crippen LogP contribution in [0.5, 0.6) is 17.2 Å². The first-order valence-electron chi connectivity index (χ1n) is 9.43. The molecule has 2 atom stereocenters. The van der Waals surface area contributed by atoms with Gasteiger partial charge < -0.3 is 35.2 Å². The van der Waals surface area contributed by atoms with E-state index in [-0.39, 0.29) is 11.8 Å². The number of aliphatic hydroxyl groups is 1. The highest BCUT2D eigenvalue weighted by Crippen LogP contribution is 2.38. The molecular weight excluding hydrogens is 430 g/mol. The number of phenolic OH excluding ortho intramolecular Hbond substituents is 1. The lowest BCUT2D eigenvalue weighted by Crippen LogP contribution is -2.31. The minimum Gasteiger partial charge on any atom is -0.508 e. The van der Waals surface area contributed by atoms with Crippen LogP contribution >= 0.6 is 11.6 Å². The van der Waals surface area contributed by atoms with Crippen LogP contribution in [0.4, 0.5) is 0 Å². The number of rotatable bonds is 5. The summed E-state index contributed by atoms with van der Waals surface area (Å²) >= 11 is 6.30. The number of benzene rings is 2. The Morgan fingerprint density at radius 3 is 2.32 bits per heavy atom. The molecule has 3 rings (SSSR count). The van der Waals surface area contributed by atoms with Gasteiger partial charge in [-0.25, -0.2) is 9.59 Å². The molecule has 0 spiro atoms. The van der Waals surface area contributed by atoms with Crippen LogP contribution in [0.1, 0.15) is 30.6 Å². The van der Waals surface area contributed by atoms with Crippen molar-refractivity contribution in [1.82, 2.24) is 5.32 Å². The summed E-state index contributed by atoms with van der Waals surface area (Å²) < 4.78 is 11.3. The molecule has 0 radical (unpaired) electrons. The SMILES string of the molecule is CC(NCc1cc(Cl)c2c(c1)OCCCO2)C(O)c1ccc(O)cc1.O=C(O)C(=O)O.